The van der Waals surface area contributed by atoms with E-state index >= 15 is 0 Å². The smallest absolute Gasteiger partial charge is 0.349 e. The van der Waals surface area contributed by atoms with E-state index in [2.05, 4.69) is 4.74 Å². The van der Waals surface area contributed by atoms with Crippen molar-refractivity contribution >= 4 is 83.9 Å². The molecule has 0 radical (unpaired) electrons. The molecule has 0 aromatic heterocycles. The van der Waals surface area contributed by atoms with Gasteiger partial charge in [0.05, 0.1) is 12.0 Å². The van der Waals surface area contributed by atoms with E-state index < -0.39 is 65.0 Å². The molecule has 0 atom stereocenters. The van der Waals surface area contributed by atoms with E-state index in [-0.39, 0.29) is 7.14 Å². The molecular weight excluding hydrogens is 744 g/mol. The molecule has 0 fully saturated rings. The first-order valence-electron chi connectivity index (χ1n) is 6.16. The van der Waals surface area contributed by atoms with Crippen LogP contribution in [0, 0.1) is 39.8 Å². The third-order valence-electron chi connectivity index (χ3n) is 2.94. The van der Waals surface area contributed by atoms with Crippen molar-refractivity contribution < 1.29 is 44.5 Å². The number of hydrogen-bond donors (Lipinski definition) is 0. The monoisotopic (exact) mass is 745 g/mol. The molecule has 0 spiro atoms. The van der Waals surface area contributed by atoms with Crippen LogP contribution >= 0.6 is 67.8 Å². The quantitative estimate of drug-likeness (QED) is 0.0891. The molecule has 0 unspecified atom stereocenters. The Hall–Kier alpha value is -0.340. The van der Waals surface area contributed by atoms with Crippen molar-refractivity contribution in [1.29, 1.82) is 0 Å². The van der Waals surface area contributed by atoms with Gasteiger partial charge in [0.1, 0.15) is 15.7 Å². The van der Waals surface area contributed by atoms with Crippen molar-refractivity contribution in [2.45, 2.75) is 4.90 Å². The molecule has 0 saturated heterocycles. The number of esters is 1. The van der Waals surface area contributed by atoms with E-state index in [4.69, 9.17) is 0 Å². The molecule has 5 nitrogen and oxygen atoms in total. The molecule has 2 rings (SSSR count). The number of halogens is 8. The first kappa shape index (κ1) is 22.9. The van der Waals surface area contributed by atoms with Gasteiger partial charge in [-0.15, -0.1) is 0 Å². The predicted octanol–water partition coefficient (Wildman–Crippen LogP) is 4.32. The highest BCUT2D eigenvalue weighted by Gasteiger charge is 2.32. The first-order valence-corrected chi connectivity index (χ1v) is 10.8. The Balaban J connectivity index is 2.65. The second-order valence-electron chi connectivity index (χ2n) is 4.60. The van der Waals surface area contributed by atoms with Crippen molar-refractivity contribution in [3.63, 3.8) is 0 Å². The van der Waals surface area contributed by atoms with Crippen LogP contribution in [0.2, 0.25) is 0 Å². The van der Waals surface area contributed by atoms with Crippen LogP contribution in [0.25, 0.3) is 0 Å². The highest BCUT2D eigenvalue weighted by Crippen LogP contribution is 2.37. The molecule has 27 heavy (non-hydrogen) atoms. The molecule has 0 N–H and O–H groups in total. The lowest BCUT2D eigenvalue weighted by atomic mass is 10.1. The summed E-state index contributed by atoms with van der Waals surface area (Å²) < 4.78 is 105. The summed E-state index contributed by atoms with van der Waals surface area (Å²) in [6.07, 6.45) is 0. The number of ether oxygens (including phenoxy) is 1. The minimum absolute atomic E-state index is 0.0209. The van der Waals surface area contributed by atoms with Crippen LogP contribution < -0.4 is 4.74 Å². The summed E-state index contributed by atoms with van der Waals surface area (Å²) in [7, 11) is -5.02. The van der Waals surface area contributed by atoms with Crippen molar-refractivity contribution in [1.82, 2.24) is 0 Å². The largest absolute Gasteiger partial charge is 0.744 e. The maximum atomic E-state index is 13.7. The van der Waals surface area contributed by atoms with Gasteiger partial charge in [-0.25, -0.2) is 35.2 Å². The van der Waals surface area contributed by atoms with Gasteiger partial charge in [0.2, 0.25) is 5.82 Å². The van der Waals surface area contributed by atoms with Gasteiger partial charge in [-0.3, -0.25) is 0 Å². The molecule has 0 amide bonds. The van der Waals surface area contributed by atoms with Crippen LogP contribution in [0.1, 0.15) is 10.4 Å². The lowest BCUT2D eigenvalue weighted by molar-refractivity contribution is 0.0717. The lowest BCUT2D eigenvalue weighted by Crippen LogP contribution is -2.19. The molecule has 0 saturated carbocycles. The van der Waals surface area contributed by atoms with Crippen molar-refractivity contribution in [2.24, 2.45) is 0 Å². The number of benzene rings is 2. The Labute approximate surface area is 188 Å². The van der Waals surface area contributed by atoms with Crippen molar-refractivity contribution in [3.8, 4) is 5.75 Å². The third-order valence-corrected chi connectivity index (χ3v) is 7.28. The molecule has 14 heteroatoms. The zero-order valence-electron chi connectivity index (χ0n) is 12.1. The Kier molecular flexibility index (Phi) is 6.96. The zero-order valence-corrected chi connectivity index (χ0v) is 19.3. The van der Waals surface area contributed by atoms with Crippen LogP contribution in [0.4, 0.5) is 22.0 Å². The van der Waals surface area contributed by atoms with Crippen LogP contribution in [0.15, 0.2) is 11.0 Å². The Morgan fingerprint density at radius 2 is 1.33 bits per heavy atom. The Morgan fingerprint density at radius 1 is 0.889 bits per heavy atom. The number of carbonyl (C=O) groups is 1. The molecule has 0 aliphatic rings. The lowest BCUT2D eigenvalue weighted by Gasteiger charge is -2.17. The molecule has 146 valence electrons. The van der Waals surface area contributed by atoms with E-state index in [0.717, 1.165) is 6.07 Å². The number of rotatable bonds is 3. The minimum Gasteiger partial charge on any atom is -0.744 e. The third kappa shape index (κ3) is 4.32. The number of carbonyl (C=O) groups excluding carboxylic acids is 1. The molecule has 0 aliphatic heterocycles. The Bertz CT molecular complexity index is 1060. The molecule has 0 heterocycles. The minimum atomic E-state index is -5.02. The fraction of sp³-hybridized carbons (Fsp3) is 0. The maximum Gasteiger partial charge on any atom is 0.349 e. The topological polar surface area (TPSA) is 83.5 Å². The fourth-order valence-corrected chi connectivity index (χ4v) is 7.63. The molecule has 0 bridgehead atoms. The van der Waals surface area contributed by atoms with Gasteiger partial charge in [-0.1, -0.05) is 0 Å². The van der Waals surface area contributed by atoms with E-state index in [1.807, 2.05) is 0 Å². The normalized spacial score (nSPS) is 11.6. The van der Waals surface area contributed by atoms with Gasteiger partial charge in [0.25, 0.3) is 0 Å². The average Bonchev–Trinajstić information content (AvgIpc) is 2.53. The van der Waals surface area contributed by atoms with Gasteiger partial charge in [0, 0.05) is 3.57 Å². The van der Waals surface area contributed by atoms with Gasteiger partial charge in [-0.05, 0) is 73.8 Å². The van der Waals surface area contributed by atoms with Crippen LogP contribution in [-0.2, 0) is 10.1 Å². The molecule has 2 aromatic carbocycles. The summed E-state index contributed by atoms with van der Waals surface area (Å²) in [6, 6.07) is 1.12. The van der Waals surface area contributed by atoms with E-state index in [9.17, 15) is 39.7 Å². The van der Waals surface area contributed by atoms with Crippen molar-refractivity contribution in [3.05, 3.63) is 51.4 Å². The standard InChI is InChI=1S/C13H2F5I3O5S/c14-5-4(6(15)8(17)9(18)7(5)16)13(22)26-11-2(19)1-3(20)12(10(11)21)27(23,24)25/h1H,(H,23,24,25)/p-1. The van der Waals surface area contributed by atoms with E-state index in [0.29, 0.717) is 0 Å². The zero-order chi connectivity index (χ0) is 20.8. The summed E-state index contributed by atoms with van der Waals surface area (Å²) >= 11 is 4.44. The fourth-order valence-electron chi connectivity index (χ4n) is 1.81. The first-order chi connectivity index (χ1) is 12.3. The average molecular weight is 745 g/mol. The summed E-state index contributed by atoms with van der Waals surface area (Å²) in [4.78, 5) is 11.3. The van der Waals surface area contributed by atoms with Crippen LogP contribution in [-0.4, -0.2) is 18.9 Å². The maximum absolute atomic E-state index is 13.7. The molecule has 0 aliphatic carbocycles. The predicted molar refractivity (Wildman–Crippen MR) is 104 cm³/mol. The SMILES string of the molecule is O=C(Oc1c(I)cc(I)c(S(=O)(=O)[O-])c1I)c1c(F)c(F)c(F)c(F)c1F. The van der Waals surface area contributed by atoms with Gasteiger partial charge in [0.15, 0.2) is 29.0 Å². The molecular formula is C13HF5I3O5S-. The van der Waals surface area contributed by atoms with Crippen LogP contribution in [0.3, 0.4) is 0 Å². The number of hydrogen-bond acceptors (Lipinski definition) is 5. The highest BCUT2D eigenvalue weighted by molar-refractivity contribution is 14.1. The van der Waals surface area contributed by atoms with Crippen molar-refractivity contribution in [2.75, 3.05) is 0 Å². The highest BCUT2D eigenvalue weighted by atomic mass is 127. The van der Waals surface area contributed by atoms with E-state index in [1.165, 1.54) is 45.2 Å². The Morgan fingerprint density at radius 3 is 1.78 bits per heavy atom. The van der Waals surface area contributed by atoms with Gasteiger partial charge < -0.3 is 9.29 Å². The summed E-state index contributed by atoms with van der Waals surface area (Å²) in [5.41, 5.74) is -1.86. The van der Waals surface area contributed by atoms with Gasteiger partial charge in [-0.2, -0.15) is 0 Å². The summed E-state index contributed by atoms with van der Waals surface area (Å²) in [5.74, 6) is -14.5. The molecule has 2 aromatic rings. The second kappa shape index (κ2) is 8.19. The second-order valence-corrected chi connectivity index (χ2v) is 9.32. The van der Waals surface area contributed by atoms with E-state index in [1.54, 1.807) is 22.6 Å². The summed E-state index contributed by atoms with van der Waals surface area (Å²) in [5, 5.41) is 0. The van der Waals surface area contributed by atoms with Gasteiger partial charge >= 0.3 is 5.97 Å². The van der Waals surface area contributed by atoms with Crippen LogP contribution in [0.5, 0.6) is 5.75 Å². The summed E-state index contributed by atoms with van der Waals surface area (Å²) in [6.45, 7) is 0.